The van der Waals surface area contributed by atoms with Gasteiger partial charge in [0.1, 0.15) is 16.7 Å². The number of likely N-dealkylation sites (tertiary alicyclic amines) is 1. The van der Waals surface area contributed by atoms with E-state index in [9.17, 15) is 13.2 Å². The number of sulfonamides is 1. The fourth-order valence-electron chi connectivity index (χ4n) is 4.82. The minimum Gasteiger partial charge on any atom is -0.490 e. The van der Waals surface area contributed by atoms with Gasteiger partial charge in [-0.15, -0.1) is 12.6 Å². The van der Waals surface area contributed by atoms with E-state index in [0.717, 1.165) is 38.8 Å². The van der Waals surface area contributed by atoms with Crippen LogP contribution in [0.3, 0.4) is 0 Å². The van der Waals surface area contributed by atoms with Crippen molar-refractivity contribution in [1.29, 1.82) is 0 Å². The zero-order chi connectivity index (χ0) is 26.0. The van der Waals surface area contributed by atoms with Crippen molar-refractivity contribution in [3.63, 3.8) is 0 Å². The lowest BCUT2D eigenvalue weighted by Gasteiger charge is -2.40. The first-order valence-electron chi connectivity index (χ1n) is 11.6. The van der Waals surface area contributed by atoms with Crippen LogP contribution >= 0.6 is 59.0 Å². The van der Waals surface area contributed by atoms with Gasteiger partial charge < -0.3 is 9.64 Å². The van der Waals surface area contributed by atoms with Crippen molar-refractivity contribution in [2.24, 2.45) is 5.92 Å². The van der Waals surface area contributed by atoms with E-state index < -0.39 is 15.9 Å². The monoisotopic (exact) mass is 610 g/mol. The maximum absolute atomic E-state index is 12.8. The number of benzene rings is 2. The summed E-state index contributed by atoms with van der Waals surface area (Å²) in [6, 6.07) is 8.31. The molecule has 1 amide bonds. The highest BCUT2D eigenvalue weighted by atomic mass is 35.5. The number of hydrogen-bond acceptors (Lipinski definition) is 6. The molecule has 0 aromatic heterocycles. The van der Waals surface area contributed by atoms with Gasteiger partial charge in [0, 0.05) is 41.0 Å². The van der Waals surface area contributed by atoms with E-state index in [4.69, 9.17) is 51.1 Å². The summed E-state index contributed by atoms with van der Waals surface area (Å²) in [7, 11) is -4.16. The van der Waals surface area contributed by atoms with Gasteiger partial charge in [-0.1, -0.05) is 46.4 Å². The highest BCUT2D eigenvalue weighted by molar-refractivity contribution is 7.90. The summed E-state index contributed by atoms with van der Waals surface area (Å²) in [5.74, 6) is -0.173. The third-order valence-corrected chi connectivity index (χ3v) is 10.1. The Hall–Kier alpha value is -0.870. The molecule has 2 fully saturated rings. The van der Waals surface area contributed by atoms with Gasteiger partial charge in [0.25, 0.3) is 10.0 Å². The van der Waals surface area contributed by atoms with Crippen LogP contribution in [-0.4, -0.2) is 44.5 Å². The Morgan fingerprint density at radius 2 is 1.61 bits per heavy atom. The molecular formula is C24H26Cl4N2O4S2. The first kappa shape index (κ1) is 28.1. The molecule has 2 aromatic carbocycles. The molecule has 0 atom stereocenters. The molecule has 1 aliphatic carbocycles. The molecule has 0 radical (unpaired) electrons. The molecule has 1 aliphatic heterocycles. The van der Waals surface area contributed by atoms with Crippen LogP contribution in [0.4, 0.5) is 0 Å². The number of carbonyl (C=O) groups is 1. The van der Waals surface area contributed by atoms with Crippen LogP contribution in [0.5, 0.6) is 5.75 Å². The van der Waals surface area contributed by atoms with Gasteiger partial charge in [-0.25, -0.2) is 13.1 Å². The van der Waals surface area contributed by atoms with Crippen molar-refractivity contribution < 1.29 is 17.9 Å². The van der Waals surface area contributed by atoms with Gasteiger partial charge in [0.15, 0.2) is 0 Å². The SMILES string of the molecule is O=C(NS(=O)(=O)c1cc(Cl)cc(S)c1Cl)C1CCC(N2CCC(Oc3ccc(Cl)c(Cl)c3)CC2)CC1. The third kappa shape index (κ3) is 6.76. The summed E-state index contributed by atoms with van der Waals surface area (Å²) >= 11 is 28.3. The summed E-state index contributed by atoms with van der Waals surface area (Å²) in [5.41, 5.74) is 0. The highest BCUT2D eigenvalue weighted by Crippen LogP contribution is 2.34. The van der Waals surface area contributed by atoms with Crippen molar-refractivity contribution in [2.45, 2.75) is 60.5 Å². The van der Waals surface area contributed by atoms with E-state index in [0.29, 0.717) is 34.7 Å². The number of thiol groups is 1. The second-order valence-corrected chi connectivity index (χ2v) is 12.9. The second-order valence-electron chi connectivity index (χ2n) is 9.14. The normalized spacial score (nSPS) is 21.8. The third-order valence-electron chi connectivity index (χ3n) is 6.76. The Bertz CT molecular complexity index is 1230. The molecule has 12 heteroatoms. The molecule has 2 aliphatic rings. The lowest BCUT2D eigenvalue weighted by Crippen LogP contribution is -2.46. The minimum atomic E-state index is -4.16. The largest absolute Gasteiger partial charge is 0.490 e. The van der Waals surface area contributed by atoms with E-state index >= 15 is 0 Å². The van der Waals surface area contributed by atoms with Crippen molar-refractivity contribution in [1.82, 2.24) is 9.62 Å². The van der Waals surface area contributed by atoms with E-state index in [1.165, 1.54) is 12.1 Å². The topological polar surface area (TPSA) is 75.7 Å². The van der Waals surface area contributed by atoms with Gasteiger partial charge in [-0.05, 0) is 62.8 Å². The fourth-order valence-corrected chi connectivity index (χ4v) is 7.39. The molecule has 1 saturated carbocycles. The van der Waals surface area contributed by atoms with Crippen LogP contribution < -0.4 is 9.46 Å². The van der Waals surface area contributed by atoms with Gasteiger partial charge in [0.05, 0.1) is 15.1 Å². The van der Waals surface area contributed by atoms with E-state index in [1.54, 1.807) is 12.1 Å². The minimum absolute atomic E-state index is 0.0710. The first-order chi connectivity index (χ1) is 17.0. The number of nitrogens with one attached hydrogen (secondary N) is 1. The molecule has 2 aromatic rings. The molecule has 196 valence electrons. The van der Waals surface area contributed by atoms with Gasteiger partial charge >= 0.3 is 0 Å². The fraction of sp³-hybridized carbons (Fsp3) is 0.458. The van der Waals surface area contributed by atoms with Gasteiger partial charge in [-0.2, -0.15) is 0 Å². The molecule has 6 nitrogen and oxygen atoms in total. The zero-order valence-electron chi connectivity index (χ0n) is 19.2. The number of ether oxygens (including phenoxy) is 1. The molecule has 0 spiro atoms. The summed E-state index contributed by atoms with van der Waals surface area (Å²) in [4.78, 5) is 15.2. The Morgan fingerprint density at radius 1 is 0.944 bits per heavy atom. The molecule has 4 rings (SSSR count). The molecular weight excluding hydrogens is 586 g/mol. The molecule has 0 unspecified atom stereocenters. The average molecular weight is 612 g/mol. The lowest BCUT2D eigenvalue weighted by atomic mass is 9.84. The number of carbonyl (C=O) groups excluding carboxylic acids is 1. The molecule has 1 heterocycles. The predicted octanol–water partition coefficient (Wildman–Crippen LogP) is 6.50. The Kier molecular flexibility index (Phi) is 9.30. The van der Waals surface area contributed by atoms with E-state index in [1.807, 2.05) is 6.07 Å². The molecule has 1 saturated heterocycles. The summed E-state index contributed by atoms with van der Waals surface area (Å²) in [5, 5.41) is 1.07. The van der Waals surface area contributed by atoms with E-state index in [2.05, 4.69) is 22.3 Å². The van der Waals surface area contributed by atoms with Crippen molar-refractivity contribution >= 4 is 75.0 Å². The maximum atomic E-state index is 12.8. The lowest BCUT2D eigenvalue weighted by molar-refractivity contribution is -0.124. The van der Waals surface area contributed by atoms with Gasteiger partial charge in [-0.3, -0.25) is 4.79 Å². The van der Waals surface area contributed by atoms with Crippen molar-refractivity contribution in [3.05, 3.63) is 50.4 Å². The molecule has 36 heavy (non-hydrogen) atoms. The number of rotatable bonds is 6. The summed E-state index contributed by atoms with van der Waals surface area (Å²) in [6.45, 7) is 1.81. The quantitative estimate of drug-likeness (QED) is 0.365. The first-order valence-corrected chi connectivity index (χ1v) is 15.1. The van der Waals surface area contributed by atoms with Crippen LogP contribution in [0, 0.1) is 5.92 Å². The Labute approximate surface area is 237 Å². The van der Waals surface area contributed by atoms with Crippen molar-refractivity contribution in [2.75, 3.05) is 13.1 Å². The standard InChI is InChI=1S/C24H26Cl4N2O4S2/c25-15-11-21(35)23(28)22(12-15)36(32,33)29-24(31)14-1-3-16(4-2-14)30-9-7-17(8-10-30)34-18-5-6-19(26)20(27)13-18/h5-6,11-14,16-17,35H,1-4,7-10H2,(H,29,31). The molecule has 1 N–H and O–H groups in total. The number of piperidine rings is 1. The van der Waals surface area contributed by atoms with Gasteiger partial charge in [0.2, 0.25) is 5.91 Å². The smallest absolute Gasteiger partial charge is 0.265 e. The van der Waals surface area contributed by atoms with Crippen LogP contribution in [0.15, 0.2) is 40.1 Å². The molecule has 0 bridgehead atoms. The van der Waals surface area contributed by atoms with Crippen LogP contribution in [-0.2, 0) is 14.8 Å². The highest BCUT2D eigenvalue weighted by Gasteiger charge is 2.34. The van der Waals surface area contributed by atoms with Crippen LogP contribution in [0.1, 0.15) is 38.5 Å². The summed E-state index contributed by atoms with van der Waals surface area (Å²) in [6.07, 6.45) is 4.80. The van der Waals surface area contributed by atoms with Crippen LogP contribution in [0.25, 0.3) is 0 Å². The Balaban J connectivity index is 1.26. The number of nitrogens with zero attached hydrogens (tertiary/aromatic N) is 1. The maximum Gasteiger partial charge on any atom is 0.265 e. The summed E-state index contributed by atoms with van der Waals surface area (Å²) < 4.78 is 33.8. The average Bonchev–Trinajstić information content (AvgIpc) is 2.84. The van der Waals surface area contributed by atoms with Crippen molar-refractivity contribution in [3.8, 4) is 5.75 Å². The predicted molar refractivity (Wildman–Crippen MR) is 146 cm³/mol. The number of amides is 1. The van der Waals surface area contributed by atoms with E-state index in [-0.39, 0.29) is 31.9 Å². The number of hydrogen-bond donors (Lipinski definition) is 2. The van der Waals surface area contributed by atoms with Crippen LogP contribution in [0.2, 0.25) is 20.1 Å². The second kappa shape index (κ2) is 11.9. The number of halogens is 4. The Morgan fingerprint density at radius 3 is 2.25 bits per heavy atom. The zero-order valence-corrected chi connectivity index (χ0v) is 24.0.